The number of thiophene rings is 1. The summed E-state index contributed by atoms with van der Waals surface area (Å²) in [6, 6.07) is 13.3. The van der Waals surface area contributed by atoms with Crippen LogP contribution in [0.25, 0.3) is 0 Å². The van der Waals surface area contributed by atoms with Crippen LogP contribution in [0.5, 0.6) is 0 Å². The Bertz CT molecular complexity index is 936. The van der Waals surface area contributed by atoms with E-state index in [0.29, 0.717) is 43.4 Å². The summed E-state index contributed by atoms with van der Waals surface area (Å²) in [6.45, 7) is 4.63. The number of benzene rings is 1. The average Bonchev–Trinajstić information content (AvgIpc) is 3.36. The van der Waals surface area contributed by atoms with E-state index in [-0.39, 0.29) is 17.9 Å². The molecule has 2 aliphatic heterocycles. The van der Waals surface area contributed by atoms with Gasteiger partial charge in [-0.25, -0.2) is 8.42 Å². The molecular weight excluding hydrogens is 434 g/mol. The Labute approximate surface area is 188 Å². The normalized spacial score (nSPS) is 20.4. The molecule has 0 spiro atoms. The number of ether oxygens (including phenoxy) is 1. The minimum atomic E-state index is -3.45. The highest BCUT2D eigenvalue weighted by Gasteiger charge is 2.33. The minimum absolute atomic E-state index is 0.00952. The van der Waals surface area contributed by atoms with Gasteiger partial charge >= 0.3 is 0 Å². The molecule has 7 nitrogen and oxygen atoms in total. The van der Waals surface area contributed by atoms with Gasteiger partial charge in [-0.1, -0.05) is 36.4 Å². The van der Waals surface area contributed by atoms with Gasteiger partial charge in [0.1, 0.15) is 4.21 Å². The quantitative estimate of drug-likeness (QED) is 0.682. The van der Waals surface area contributed by atoms with Crippen LogP contribution in [0, 0.1) is 5.92 Å². The third kappa shape index (κ3) is 5.53. The summed E-state index contributed by atoms with van der Waals surface area (Å²) in [6.07, 6.45) is 1.07. The largest absolute Gasteiger partial charge is 0.379 e. The number of nitrogens with zero attached hydrogens (tertiary/aromatic N) is 2. The first-order valence-corrected chi connectivity index (χ1v) is 13.0. The average molecular weight is 464 g/mol. The fourth-order valence-corrected chi connectivity index (χ4v) is 6.76. The van der Waals surface area contributed by atoms with E-state index < -0.39 is 10.0 Å². The van der Waals surface area contributed by atoms with Crippen molar-refractivity contribution in [3.8, 4) is 0 Å². The Morgan fingerprint density at radius 3 is 2.42 bits per heavy atom. The van der Waals surface area contributed by atoms with Gasteiger partial charge in [0.25, 0.3) is 10.0 Å². The van der Waals surface area contributed by atoms with E-state index in [9.17, 15) is 13.2 Å². The maximum Gasteiger partial charge on any atom is 0.252 e. The summed E-state index contributed by atoms with van der Waals surface area (Å²) in [5, 5.41) is 5.01. The van der Waals surface area contributed by atoms with Gasteiger partial charge in [0.05, 0.1) is 19.3 Å². The van der Waals surface area contributed by atoms with Crippen LogP contribution in [0.3, 0.4) is 0 Å². The second-order valence-electron chi connectivity index (χ2n) is 8.00. The summed E-state index contributed by atoms with van der Waals surface area (Å²) >= 11 is 1.23. The molecule has 1 atom stereocenters. The molecule has 1 aromatic heterocycles. The van der Waals surface area contributed by atoms with Crippen LogP contribution in [-0.2, 0) is 19.6 Å². The number of morpholine rings is 1. The Hall–Kier alpha value is -1.78. The number of carbonyl (C=O) groups excluding carboxylic acids is 1. The van der Waals surface area contributed by atoms with Gasteiger partial charge in [-0.3, -0.25) is 9.69 Å². The standard InChI is InChI=1S/C22H29N3O4S2/c26-22(19-8-10-25(11-9-19)31(27,28)21-7-4-16-30-21)23-20(18-5-2-1-3-6-18)17-24-12-14-29-15-13-24/h1-7,16,19-20H,8-15,17H2,(H,23,26). The molecule has 2 saturated heterocycles. The van der Waals surface area contributed by atoms with Crippen LogP contribution >= 0.6 is 11.3 Å². The van der Waals surface area contributed by atoms with Gasteiger partial charge in [-0.15, -0.1) is 11.3 Å². The zero-order chi connectivity index (χ0) is 21.7. The first-order chi connectivity index (χ1) is 15.0. The van der Waals surface area contributed by atoms with Crippen LogP contribution in [-0.4, -0.2) is 69.5 Å². The third-order valence-electron chi connectivity index (χ3n) is 5.98. The topological polar surface area (TPSA) is 79.0 Å². The second kappa shape index (κ2) is 10.2. The van der Waals surface area contributed by atoms with E-state index in [0.717, 1.165) is 25.2 Å². The molecule has 0 aliphatic carbocycles. The highest BCUT2D eigenvalue weighted by atomic mass is 32.2. The molecule has 31 heavy (non-hydrogen) atoms. The molecule has 1 unspecified atom stereocenters. The molecule has 0 radical (unpaired) electrons. The fraction of sp³-hybridized carbons (Fsp3) is 0.500. The molecule has 2 aromatic rings. The van der Waals surface area contributed by atoms with Crippen molar-refractivity contribution in [1.82, 2.24) is 14.5 Å². The second-order valence-corrected chi connectivity index (χ2v) is 11.1. The van der Waals surface area contributed by atoms with Gasteiger partial charge in [-0.2, -0.15) is 4.31 Å². The van der Waals surface area contributed by atoms with Crippen LogP contribution in [0.4, 0.5) is 0 Å². The molecule has 9 heteroatoms. The zero-order valence-electron chi connectivity index (χ0n) is 17.5. The number of sulfonamides is 1. The molecule has 1 amide bonds. The first kappa shape index (κ1) is 22.4. The van der Waals surface area contributed by atoms with Crippen molar-refractivity contribution in [2.45, 2.75) is 23.1 Å². The maximum atomic E-state index is 13.1. The van der Waals surface area contributed by atoms with Crippen LogP contribution in [0.2, 0.25) is 0 Å². The first-order valence-electron chi connectivity index (χ1n) is 10.7. The highest BCUT2D eigenvalue weighted by Crippen LogP contribution is 2.27. The molecule has 0 bridgehead atoms. The molecule has 1 aromatic carbocycles. The molecule has 2 fully saturated rings. The van der Waals surface area contributed by atoms with E-state index in [1.165, 1.54) is 15.6 Å². The van der Waals surface area contributed by atoms with Crippen molar-refractivity contribution in [1.29, 1.82) is 0 Å². The summed E-state index contributed by atoms with van der Waals surface area (Å²) in [5.41, 5.74) is 1.08. The number of piperidine rings is 1. The number of hydrogen-bond acceptors (Lipinski definition) is 6. The van der Waals surface area contributed by atoms with Crippen molar-refractivity contribution in [2.75, 3.05) is 45.9 Å². The molecule has 0 saturated carbocycles. The predicted octanol–water partition coefficient (Wildman–Crippen LogP) is 2.34. The number of hydrogen-bond donors (Lipinski definition) is 1. The van der Waals surface area contributed by atoms with Gasteiger partial charge in [-0.05, 0) is 29.9 Å². The van der Waals surface area contributed by atoms with Gasteiger partial charge in [0, 0.05) is 38.6 Å². The summed E-state index contributed by atoms with van der Waals surface area (Å²) in [4.78, 5) is 15.4. The van der Waals surface area contributed by atoms with E-state index >= 15 is 0 Å². The third-order valence-corrected chi connectivity index (χ3v) is 9.25. The van der Waals surface area contributed by atoms with Crippen LogP contribution in [0.1, 0.15) is 24.4 Å². The lowest BCUT2D eigenvalue weighted by molar-refractivity contribution is -0.127. The minimum Gasteiger partial charge on any atom is -0.379 e. The molecular formula is C22H29N3O4S2. The van der Waals surface area contributed by atoms with Crippen molar-refractivity contribution >= 4 is 27.3 Å². The molecule has 3 heterocycles. The van der Waals surface area contributed by atoms with E-state index in [1.807, 2.05) is 30.3 Å². The van der Waals surface area contributed by atoms with E-state index in [2.05, 4.69) is 10.2 Å². The Morgan fingerprint density at radius 2 is 1.77 bits per heavy atom. The smallest absolute Gasteiger partial charge is 0.252 e. The fourth-order valence-electron chi connectivity index (χ4n) is 4.15. The maximum absolute atomic E-state index is 13.1. The van der Waals surface area contributed by atoms with Crippen molar-refractivity contribution < 1.29 is 17.9 Å². The van der Waals surface area contributed by atoms with Crippen molar-refractivity contribution in [3.63, 3.8) is 0 Å². The van der Waals surface area contributed by atoms with Crippen LogP contribution in [0.15, 0.2) is 52.1 Å². The number of nitrogens with one attached hydrogen (secondary N) is 1. The van der Waals surface area contributed by atoms with Gasteiger partial charge in [0.15, 0.2) is 0 Å². The lowest BCUT2D eigenvalue weighted by Gasteiger charge is -2.33. The summed E-state index contributed by atoms with van der Waals surface area (Å²) < 4.78 is 32.8. The van der Waals surface area contributed by atoms with Crippen molar-refractivity contribution in [3.05, 3.63) is 53.4 Å². The van der Waals surface area contributed by atoms with Crippen molar-refractivity contribution in [2.24, 2.45) is 5.92 Å². The zero-order valence-corrected chi connectivity index (χ0v) is 19.1. The number of amides is 1. The lowest BCUT2D eigenvalue weighted by atomic mass is 9.96. The van der Waals surface area contributed by atoms with Crippen LogP contribution < -0.4 is 5.32 Å². The molecule has 4 rings (SSSR count). The highest BCUT2D eigenvalue weighted by molar-refractivity contribution is 7.91. The monoisotopic (exact) mass is 463 g/mol. The predicted molar refractivity (Wildman–Crippen MR) is 120 cm³/mol. The Kier molecular flexibility index (Phi) is 7.39. The molecule has 2 aliphatic rings. The summed E-state index contributed by atoms with van der Waals surface area (Å²) in [5.74, 6) is -0.166. The SMILES string of the molecule is O=C(NC(CN1CCOCC1)c1ccccc1)C1CCN(S(=O)(=O)c2cccs2)CC1. The molecule has 168 valence electrons. The lowest BCUT2D eigenvalue weighted by Crippen LogP contribution is -2.46. The number of rotatable bonds is 7. The van der Waals surface area contributed by atoms with E-state index in [4.69, 9.17) is 4.74 Å². The van der Waals surface area contributed by atoms with Gasteiger partial charge < -0.3 is 10.1 Å². The summed E-state index contributed by atoms with van der Waals surface area (Å²) in [7, 11) is -3.45. The Morgan fingerprint density at radius 1 is 1.06 bits per heavy atom. The molecule has 1 N–H and O–H groups in total. The number of carbonyl (C=O) groups is 1. The Balaban J connectivity index is 1.37. The van der Waals surface area contributed by atoms with Gasteiger partial charge in [0.2, 0.25) is 5.91 Å². The van der Waals surface area contributed by atoms with E-state index in [1.54, 1.807) is 17.5 Å².